The van der Waals surface area contributed by atoms with E-state index in [0.717, 1.165) is 25.0 Å². The number of nitrogens with one attached hydrogen (secondary N) is 1. The van der Waals surface area contributed by atoms with Gasteiger partial charge in [-0.25, -0.2) is 0 Å². The lowest BCUT2D eigenvalue weighted by Crippen LogP contribution is -2.37. The topological polar surface area (TPSA) is 49.3 Å². The van der Waals surface area contributed by atoms with Crippen LogP contribution in [0.5, 0.6) is 0 Å². The summed E-state index contributed by atoms with van der Waals surface area (Å²) < 4.78 is 37.3. The summed E-state index contributed by atoms with van der Waals surface area (Å²) >= 11 is 0. The summed E-state index contributed by atoms with van der Waals surface area (Å²) in [6, 6.07) is 4.67. The molecule has 1 fully saturated rings. The normalized spacial score (nSPS) is 22.7. The van der Waals surface area contributed by atoms with Crippen LogP contribution in [0.4, 0.5) is 13.2 Å². The summed E-state index contributed by atoms with van der Waals surface area (Å²) in [5.74, 6) is -0.277. The first-order valence-electron chi connectivity index (χ1n) is 7.18. The highest BCUT2D eigenvalue weighted by Gasteiger charge is 2.29. The van der Waals surface area contributed by atoms with Crippen LogP contribution in [0.15, 0.2) is 30.3 Å². The molecule has 1 amide bonds. The molecule has 0 radical (unpaired) electrons. The van der Waals surface area contributed by atoms with E-state index in [2.05, 4.69) is 5.32 Å². The van der Waals surface area contributed by atoms with Gasteiger partial charge in [-0.3, -0.25) is 4.79 Å². The van der Waals surface area contributed by atoms with Crippen LogP contribution in [0.1, 0.15) is 36.8 Å². The van der Waals surface area contributed by atoms with Crippen LogP contribution in [0.3, 0.4) is 0 Å². The zero-order valence-electron chi connectivity index (χ0n) is 11.9. The van der Waals surface area contributed by atoms with Crippen molar-refractivity contribution < 1.29 is 23.1 Å². The lowest BCUT2D eigenvalue weighted by Gasteiger charge is -2.25. The van der Waals surface area contributed by atoms with Crippen molar-refractivity contribution >= 4 is 12.0 Å². The third-order valence-corrected chi connectivity index (χ3v) is 3.71. The Labute approximate surface area is 126 Å². The van der Waals surface area contributed by atoms with Gasteiger partial charge in [-0.05, 0) is 49.5 Å². The van der Waals surface area contributed by atoms with E-state index < -0.39 is 11.7 Å². The summed E-state index contributed by atoms with van der Waals surface area (Å²) in [5.41, 5.74) is -0.183. The summed E-state index contributed by atoms with van der Waals surface area (Å²) in [6.07, 6.45) is 0.977. The third-order valence-electron chi connectivity index (χ3n) is 3.71. The molecule has 22 heavy (non-hydrogen) atoms. The van der Waals surface area contributed by atoms with Crippen molar-refractivity contribution in [2.24, 2.45) is 0 Å². The fourth-order valence-corrected chi connectivity index (χ4v) is 2.42. The van der Waals surface area contributed by atoms with Crippen LogP contribution in [0.2, 0.25) is 0 Å². The second-order valence-electron chi connectivity index (χ2n) is 5.47. The molecule has 0 saturated heterocycles. The monoisotopic (exact) mass is 313 g/mol. The molecule has 120 valence electrons. The second-order valence-corrected chi connectivity index (χ2v) is 5.47. The Bertz CT molecular complexity index is 529. The van der Waals surface area contributed by atoms with E-state index in [1.807, 2.05) is 0 Å². The highest BCUT2D eigenvalue weighted by Crippen LogP contribution is 2.29. The molecular weight excluding hydrogens is 295 g/mol. The van der Waals surface area contributed by atoms with Gasteiger partial charge in [0, 0.05) is 12.1 Å². The molecule has 1 saturated carbocycles. The average Bonchev–Trinajstić information content (AvgIpc) is 2.47. The quantitative estimate of drug-likeness (QED) is 0.842. The number of benzene rings is 1. The van der Waals surface area contributed by atoms with Crippen molar-refractivity contribution in [3.05, 3.63) is 41.5 Å². The van der Waals surface area contributed by atoms with Crippen molar-refractivity contribution in [3.8, 4) is 0 Å². The summed E-state index contributed by atoms with van der Waals surface area (Å²) in [4.78, 5) is 11.8. The van der Waals surface area contributed by atoms with E-state index in [9.17, 15) is 23.1 Å². The van der Waals surface area contributed by atoms with Crippen molar-refractivity contribution in [1.29, 1.82) is 0 Å². The van der Waals surface area contributed by atoms with Crippen molar-refractivity contribution in [2.45, 2.75) is 44.0 Å². The molecule has 0 heterocycles. The van der Waals surface area contributed by atoms with E-state index in [1.165, 1.54) is 24.3 Å². The van der Waals surface area contributed by atoms with E-state index in [-0.39, 0.29) is 18.1 Å². The molecule has 0 bridgehead atoms. The molecule has 0 spiro atoms. The molecule has 2 N–H and O–H groups in total. The Morgan fingerprint density at radius 1 is 1.14 bits per heavy atom. The molecule has 0 unspecified atom stereocenters. The highest BCUT2D eigenvalue weighted by molar-refractivity contribution is 5.91. The number of alkyl halides is 3. The van der Waals surface area contributed by atoms with Crippen LogP contribution < -0.4 is 5.32 Å². The molecule has 0 aromatic heterocycles. The molecule has 2 rings (SSSR count). The Balaban J connectivity index is 1.87. The average molecular weight is 313 g/mol. The van der Waals surface area contributed by atoms with Crippen molar-refractivity contribution in [3.63, 3.8) is 0 Å². The van der Waals surface area contributed by atoms with Gasteiger partial charge in [-0.1, -0.05) is 12.1 Å². The number of rotatable bonds is 3. The minimum Gasteiger partial charge on any atom is -0.393 e. The predicted octanol–water partition coefficient (Wildman–Crippen LogP) is 3.14. The first-order chi connectivity index (χ1) is 10.3. The van der Waals surface area contributed by atoms with Crippen molar-refractivity contribution in [1.82, 2.24) is 5.32 Å². The lowest BCUT2D eigenvalue weighted by molar-refractivity contribution is -0.137. The van der Waals surface area contributed by atoms with Gasteiger partial charge < -0.3 is 10.4 Å². The molecular formula is C16H18F3NO2. The van der Waals surface area contributed by atoms with Crippen LogP contribution in [0, 0.1) is 0 Å². The van der Waals surface area contributed by atoms with Gasteiger partial charge >= 0.3 is 6.18 Å². The second kappa shape index (κ2) is 6.96. The van der Waals surface area contributed by atoms with Crippen LogP contribution in [-0.4, -0.2) is 23.2 Å². The standard InChI is InChI=1S/C16H18F3NO2/c17-16(18,19)12-4-1-11(2-5-12)3-10-15(22)20-13-6-8-14(21)9-7-13/h1-5,10,13-14,21H,6-9H2,(H,20,22). The van der Waals surface area contributed by atoms with Gasteiger partial charge in [0.05, 0.1) is 11.7 Å². The predicted molar refractivity (Wildman–Crippen MR) is 76.9 cm³/mol. The highest BCUT2D eigenvalue weighted by atomic mass is 19.4. The molecule has 1 aromatic carbocycles. The number of hydrogen-bond acceptors (Lipinski definition) is 2. The number of carbonyl (C=O) groups excluding carboxylic acids is 1. The number of halogens is 3. The van der Waals surface area contributed by atoms with E-state index in [4.69, 9.17) is 0 Å². The van der Waals surface area contributed by atoms with Crippen LogP contribution in [-0.2, 0) is 11.0 Å². The minimum atomic E-state index is -4.36. The Morgan fingerprint density at radius 3 is 2.27 bits per heavy atom. The summed E-state index contributed by atoms with van der Waals surface area (Å²) in [7, 11) is 0. The zero-order valence-corrected chi connectivity index (χ0v) is 11.9. The maximum Gasteiger partial charge on any atom is 0.416 e. The molecule has 1 aromatic rings. The number of aliphatic hydroxyl groups excluding tert-OH is 1. The smallest absolute Gasteiger partial charge is 0.393 e. The molecule has 0 aliphatic heterocycles. The minimum absolute atomic E-state index is 0.0492. The van der Waals surface area contributed by atoms with Crippen LogP contribution >= 0.6 is 0 Å². The molecule has 3 nitrogen and oxygen atoms in total. The number of hydrogen-bond donors (Lipinski definition) is 2. The van der Waals surface area contributed by atoms with Gasteiger partial charge in [0.1, 0.15) is 0 Å². The largest absolute Gasteiger partial charge is 0.416 e. The first kappa shape index (κ1) is 16.5. The third kappa shape index (κ3) is 4.87. The maximum absolute atomic E-state index is 12.4. The van der Waals surface area contributed by atoms with Gasteiger partial charge in [0.25, 0.3) is 0 Å². The SMILES string of the molecule is O=C(C=Cc1ccc(C(F)(F)F)cc1)NC1CCC(O)CC1. The molecule has 6 heteroatoms. The fourth-order valence-electron chi connectivity index (χ4n) is 2.42. The van der Waals surface area contributed by atoms with E-state index >= 15 is 0 Å². The van der Waals surface area contributed by atoms with Gasteiger partial charge in [0.15, 0.2) is 0 Å². The summed E-state index contributed by atoms with van der Waals surface area (Å²) in [6.45, 7) is 0. The molecule has 0 atom stereocenters. The van der Waals surface area contributed by atoms with Gasteiger partial charge in [-0.15, -0.1) is 0 Å². The summed E-state index contributed by atoms with van der Waals surface area (Å²) in [5, 5.41) is 12.2. The number of carbonyl (C=O) groups is 1. The molecule has 1 aliphatic rings. The number of amides is 1. The Morgan fingerprint density at radius 2 is 1.73 bits per heavy atom. The zero-order chi connectivity index (χ0) is 16.2. The van der Waals surface area contributed by atoms with E-state index in [1.54, 1.807) is 0 Å². The van der Waals surface area contributed by atoms with Crippen LogP contribution in [0.25, 0.3) is 6.08 Å². The maximum atomic E-state index is 12.4. The Hall–Kier alpha value is -1.82. The fraction of sp³-hybridized carbons (Fsp3) is 0.438. The van der Waals surface area contributed by atoms with Gasteiger partial charge in [-0.2, -0.15) is 13.2 Å². The van der Waals surface area contributed by atoms with E-state index in [0.29, 0.717) is 18.4 Å². The van der Waals surface area contributed by atoms with Crippen molar-refractivity contribution in [2.75, 3.05) is 0 Å². The Kier molecular flexibility index (Phi) is 5.24. The lowest BCUT2D eigenvalue weighted by atomic mass is 9.93. The molecule has 1 aliphatic carbocycles. The first-order valence-corrected chi connectivity index (χ1v) is 7.18. The number of aliphatic hydroxyl groups is 1. The van der Waals surface area contributed by atoms with Gasteiger partial charge in [0.2, 0.25) is 5.91 Å².